The number of halogens is 2. The molecule has 0 saturated carbocycles. The van der Waals surface area contributed by atoms with Gasteiger partial charge in [0.1, 0.15) is 17.3 Å². The van der Waals surface area contributed by atoms with Gasteiger partial charge in [-0.05, 0) is 36.8 Å². The largest absolute Gasteiger partial charge is 0.497 e. The van der Waals surface area contributed by atoms with E-state index in [0.717, 1.165) is 18.9 Å². The summed E-state index contributed by atoms with van der Waals surface area (Å²) in [5, 5.41) is 2.89. The Morgan fingerprint density at radius 1 is 1.25 bits per heavy atom. The summed E-state index contributed by atoms with van der Waals surface area (Å²) in [6, 6.07) is 8.98. The fourth-order valence-electron chi connectivity index (χ4n) is 2.05. The minimum absolute atomic E-state index is 0.0956. The van der Waals surface area contributed by atoms with Crippen molar-refractivity contribution in [3.05, 3.63) is 52.8 Å². The number of carbonyl (C=O) groups excluding carboxylic acids is 1. The van der Waals surface area contributed by atoms with Gasteiger partial charge in [-0.2, -0.15) is 0 Å². The van der Waals surface area contributed by atoms with Crippen LogP contribution in [0.4, 0.5) is 10.1 Å². The van der Waals surface area contributed by atoms with Crippen LogP contribution < -0.4 is 14.8 Å². The topological polar surface area (TPSA) is 47.6 Å². The standard InChI is InChI=1S/C18H19ClFNO3/c1-3-4-9-24-17-8-6-13(23-2)11-16(17)21-18(22)14-7-5-12(19)10-15(14)20/h5-8,10-11H,3-4,9H2,1-2H3,(H,21,22). The molecule has 0 spiro atoms. The second kappa shape index (κ2) is 8.55. The molecule has 1 N–H and O–H groups in total. The third-order valence-electron chi connectivity index (χ3n) is 3.37. The van der Waals surface area contributed by atoms with Crippen LogP contribution in [-0.4, -0.2) is 19.6 Å². The van der Waals surface area contributed by atoms with E-state index in [0.29, 0.717) is 23.8 Å². The van der Waals surface area contributed by atoms with E-state index in [-0.39, 0.29) is 10.6 Å². The van der Waals surface area contributed by atoms with Gasteiger partial charge in [0.25, 0.3) is 5.91 Å². The van der Waals surface area contributed by atoms with E-state index in [9.17, 15) is 9.18 Å². The first-order chi connectivity index (χ1) is 11.5. The van der Waals surface area contributed by atoms with E-state index in [4.69, 9.17) is 21.1 Å². The molecule has 2 aromatic carbocycles. The van der Waals surface area contributed by atoms with Crippen LogP contribution in [-0.2, 0) is 0 Å². The van der Waals surface area contributed by atoms with E-state index in [1.807, 2.05) is 0 Å². The highest BCUT2D eigenvalue weighted by molar-refractivity contribution is 6.30. The molecule has 6 heteroatoms. The molecule has 0 aromatic heterocycles. The lowest BCUT2D eigenvalue weighted by Crippen LogP contribution is -2.15. The summed E-state index contributed by atoms with van der Waals surface area (Å²) >= 11 is 5.71. The van der Waals surface area contributed by atoms with E-state index in [2.05, 4.69) is 12.2 Å². The summed E-state index contributed by atoms with van der Waals surface area (Å²) in [4.78, 5) is 12.3. The lowest BCUT2D eigenvalue weighted by atomic mass is 10.2. The summed E-state index contributed by atoms with van der Waals surface area (Å²) in [6.07, 6.45) is 1.89. The van der Waals surface area contributed by atoms with Gasteiger partial charge >= 0.3 is 0 Å². The van der Waals surface area contributed by atoms with Gasteiger partial charge in [0.05, 0.1) is 25.0 Å². The molecule has 128 valence electrons. The van der Waals surface area contributed by atoms with Crippen LogP contribution in [0.5, 0.6) is 11.5 Å². The van der Waals surface area contributed by atoms with Gasteiger partial charge in [-0.1, -0.05) is 24.9 Å². The molecular formula is C18H19ClFNO3. The minimum atomic E-state index is -0.684. The number of amides is 1. The summed E-state index contributed by atoms with van der Waals surface area (Å²) in [5.74, 6) is -0.203. The first-order valence-electron chi connectivity index (χ1n) is 7.62. The molecular weight excluding hydrogens is 333 g/mol. The van der Waals surface area contributed by atoms with Crippen molar-refractivity contribution in [2.24, 2.45) is 0 Å². The van der Waals surface area contributed by atoms with Crippen LogP contribution in [0.3, 0.4) is 0 Å². The van der Waals surface area contributed by atoms with E-state index >= 15 is 0 Å². The predicted octanol–water partition coefficient (Wildman–Crippen LogP) is 4.92. The number of methoxy groups -OCH3 is 1. The normalized spacial score (nSPS) is 10.3. The van der Waals surface area contributed by atoms with Crippen molar-refractivity contribution in [1.82, 2.24) is 0 Å². The molecule has 2 rings (SSSR count). The molecule has 0 unspecified atom stereocenters. The molecule has 24 heavy (non-hydrogen) atoms. The van der Waals surface area contributed by atoms with Crippen LogP contribution in [0.15, 0.2) is 36.4 Å². The van der Waals surface area contributed by atoms with Crippen molar-refractivity contribution in [1.29, 1.82) is 0 Å². The van der Waals surface area contributed by atoms with Gasteiger partial charge in [0, 0.05) is 11.1 Å². The number of rotatable bonds is 7. The van der Waals surface area contributed by atoms with Gasteiger partial charge in [0.2, 0.25) is 0 Å². The second-order valence-corrected chi connectivity index (χ2v) is 5.58. The average molecular weight is 352 g/mol. The molecule has 0 atom stereocenters. The molecule has 0 heterocycles. The number of hydrogen-bond donors (Lipinski definition) is 1. The van der Waals surface area contributed by atoms with Crippen LogP contribution in [0.25, 0.3) is 0 Å². The van der Waals surface area contributed by atoms with Gasteiger partial charge in [-0.25, -0.2) is 4.39 Å². The zero-order valence-corrected chi connectivity index (χ0v) is 14.3. The fraction of sp³-hybridized carbons (Fsp3) is 0.278. The Balaban J connectivity index is 2.23. The fourth-order valence-corrected chi connectivity index (χ4v) is 2.21. The summed E-state index contributed by atoms with van der Waals surface area (Å²) in [6.45, 7) is 2.59. The van der Waals surface area contributed by atoms with E-state index < -0.39 is 11.7 Å². The Kier molecular flexibility index (Phi) is 6.44. The quantitative estimate of drug-likeness (QED) is 0.720. The highest BCUT2D eigenvalue weighted by Gasteiger charge is 2.15. The lowest BCUT2D eigenvalue weighted by Gasteiger charge is -2.14. The summed E-state index contributed by atoms with van der Waals surface area (Å²) in [7, 11) is 1.53. The SMILES string of the molecule is CCCCOc1ccc(OC)cc1NC(=O)c1ccc(Cl)cc1F. The Morgan fingerprint density at radius 2 is 2.04 bits per heavy atom. The molecule has 0 fully saturated rings. The Bertz CT molecular complexity index is 721. The van der Waals surface area contributed by atoms with Crippen molar-refractivity contribution in [2.75, 3.05) is 19.0 Å². The van der Waals surface area contributed by atoms with Gasteiger partial charge in [0.15, 0.2) is 0 Å². The number of nitrogens with one attached hydrogen (secondary N) is 1. The number of hydrogen-bond acceptors (Lipinski definition) is 3. The minimum Gasteiger partial charge on any atom is -0.497 e. The molecule has 0 aliphatic heterocycles. The lowest BCUT2D eigenvalue weighted by molar-refractivity contribution is 0.102. The number of anilines is 1. The number of carbonyl (C=O) groups is 1. The van der Waals surface area contributed by atoms with Crippen LogP contribution in [0, 0.1) is 5.82 Å². The van der Waals surface area contributed by atoms with E-state index in [1.165, 1.54) is 19.2 Å². The Labute approximate surface area is 145 Å². The zero-order valence-electron chi connectivity index (χ0n) is 13.6. The molecule has 2 aromatic rings. The highest BCUT2D eigenvalue weighted by Crippen LogP contribution is 2.30. The van der Waals surface area contributed by atoms with Gasteiger partial charge < -0.3 is 14.8 Å². The van der Waals surface area contributed by atoms with Crippen LogP contribution >= 0.6 is 11.6 Å². The third-order valence-corrected chi connectivity index (χ3v) is 3.60. The number of unbranched alkanes of at least 4 members (excludes halogenated alkanes) is 1. The molecule has 0 saturated heterocycles. The summed E-state index contributed by atoms with van der Waals surface area (Å²) < 4.78 is 24.7. The van der Waals surface area contributed by atoms with Gasteiger partial charge in [-0.15, -0.1) is 0 Å². The molecule has 0 bridgehead atoms. The Morgan fingerprint density at radius 3 is 2.71 bits per heavy atom. The smallest absolute Gasteiger partial charge is 0.258 e. The maximum atomic E-state index is 13.9. The monoisotopic (exact) mass is 351 g/mol. The maximum Gasteiger partial charge on any atom is 0.258 e. The first kappa shape index (κ1) is 18.1. The Hall–Kier alpha value is -2.27. The predicted molar refractivity (Wildman–Crippen MR) is 92.8 cm³/mol. The van der Waals surface area contributed by atoms with Crippen molar-refractivity contribution in [3.63, 3.8) is 0 Å². The molecule has 0 radical (unpaired) electrons. The summed E-state index contributed by atoms with van der Waals surface area (Å²) in [5.41, 5.74) is 0.325. The number of ether oxygens (including phenoxy) is 2. The molecule has 0 aliphatic rings. The van der Waals surface area contributed by atoms with Crippen molar-refractivity contribution >= 4 is 23.2 Å². The van der Waals surface area contributed by atoms with Gasteiger partial charge in [-0.3, -0.25) is 4.79 Å². The average Bonchev–Trinajstić information content (AvgIpc) is 2.56. The molecule has 0 aliphatic carbocycles. The third kappa shape index (κ3) is 4.61. The van der Waals surface area contributed by atoms with Crippen LogP contribution in [0.2, 0.25) is 5.02 Å². The first-order valence-corrected chi connectivity index (χ1v) is 8.00. The molecule has 4 nitrogen and oxygen atoms in total. The number of benzene rings is 2. The highest BCUT2D eigenvalue weighted by atomic mass is 35.5. The van der Waals surface area contributed by atoms with Crippen molar-refractivity contribution < 1.29 is 18.7 Å². The second-order valence-electron chi connectivity index (χ2n) is 5.14. The zero-order chi connectivity index (χ0) is 17.5. The maximum absolute atomic E-state index is 13.9. The van der Waals surface area contributed by atoms with Crippen molar-refractivity contribution in [3.8, 4) is 11.5 Å². The van der Waals surface area contributed by atoms with Crippen molar-refractivity contribution in [2.45, 2.75) is 19.8 Å². The van der Waals surface area contributed by atoms with Crippen LogP contribution in [0.1, 0.15) is 30.1 Å². The molecule has 1 amide bonds. The van der Waals surface area contributed by atoms with E-state index in [1.54, 1.807) is 18.2 Å².